The van der Waals surface area contributed by atoms with E-state index in [1.807, 2.05) is 12.1 Å². The second-order valence-corrected chi connectivity index (χ2v) is 9.93. The number of hydrogen-bond acceptors (Lipinski definition) is 2. The van der Waals surface area contributed by atoms with Crippen LogP contribution in [-0.4, -0.2) is 4.57 Å². The van der Waals surface area contributed by atoms with Crippen LogP contribution >= 0.6 is 0 Å². The summed E-state index contributed by atoms with van der Waals surface area (Å²) in [4.78, 5) is 0. The summed E-state index contributed by atoms with van der Waals surface area (Å²) in [5, 5.41) is 8.40. The van der Waals surface area contributed by atoms with Crippen molar-refractivity contribution in [3.63, 3.8) is 0 Å². The van der Waals surface area contributed by atoms with E-state index < -0.39 is 0 Å². The second-order valence-electron chi connectivity index (χ2n) is 9.93. The second kappa shape index (κ2) is 8.64. The smallest absolute Gasteiger partial charge is 0.135 e. The first-order chi connectivity index (χ1) is 19.3. The lowest BCUT2D eigenvalue weighted by atomic mass is 10.0. The van der Waals surface area contributed by atoms with E-state index in [1.165, 1.54) is 32.9 Å². The summed E-state index contributed by atoms with van der Waals surface area (Å²) in [6, 6.07) is 49.0. The van der Waals surface area contributed by atoms with Crippen LogP contribution in [0.1, 0.15) is 0 Å². The first kappa shape index (κ1) is 21.8. The molecular weight excluding hydrogens is 476 g/mol. The van der Waals surface area contributed by atoms with Gasteiger partial charge in [-0.3, -0.25) is 0 Å². The van der Waals surface area contributed by atoms with E-state index in [0.717, 1.165) is 39.0 Å². The lowest BCUT2D eigenvalue weighted by Crippen LogP contribution is -1.95. The topological polar surface area (TPSA) is 30.1 Å². The first-order valence-corrected chi connectivity index (χ1v) is 13.2. The Morgan fingerprint density at radius 3 is 1.67 bits per heavy atom. The molecule has 0 spiro atoms. The molecule has 6 aromatic carbocycles. The number of aromatic nitrogens is 1. The SMILES string of the molecule is c1ccc2c(c1)oc1ccc(-c3ccc(Nc4ccc(-n5c6ccccc6c6ccccc65)cc4)cc3)cc12. The maximum atomic E-state index is 5.99. The summed E-state index contributed by atoms with van der Waals surface area (Å²) in [5.41, 5.74) is 9.89. The highest BCUT2D eigenvalue weighted by Gasteiger charge is 2.11. The summed E-state index contributed by atoms with van der Waals surface area (Å²) < 4.78 is 8.33. The van der Waals surface area contributed by atoms with Gasteiger partial charge in [-0.25, -0.2) is 0 Å². The molecule has 0 aliphatic carbocycles. The van der Waals surface area contributed by atoms with Crippen LogP contribution in [0.25, 0.3) is 60.6 Å². The van der Waals surface area contributed by atoms with Gasteiger partial charge in [0.2, 0.25) is 0 Å². The third-order valence-corrected chi connectivity index (χ3v) is 7.59. The molecule has 1 N–H and O–H groups in total. The Morgan fingerprint density at radius 1 is 0.436 bits per heavy atom. The van der Waals surface area contributed by atoms with Crippen molar-refractivity contribution in [2.24, 2.45) is 0 Å². The Kier molecular flexibility index (Phi) is 4.82. The zero-order valence-electron chi connectivity index (χ0n) is 21.1. The number of hydrogen-bond donors (Lipinski definition) is 1. The van der Waals surface area contributed by atoms with Gasteiger partial charge >= 0.3 is 0 Å². The van der Waals surface area contributed by atoms with Gasteiger partial charge in [-0.2, -0.15) is 0 Å². The fraction of sp³-hybridized carbons (Fsp3) is 0. The predicted molar refractivity (Wildman–Crippen MR) is 163 cm³/mol. The van der Waals surface area contributed by atoms with Crippen LogP contribution in [0.2, 0.25) is 0 Å². The number of para-hydroxylation sites is 3. The van der Waals surface area contributed by atoms with Crippen LogP contribution < -0.4 is 5.32 Å². The zero-order chi connectivity index (χ0) is 25.8. The van der Waals surface area contributed by atoms with Crippen molar-refractivity contribution in [3.05, 3.63) is 140 Å². The van der Waals surface area contributed by atoms with Gasteiger partial charge in [-0.05, 0) is 77.9 Å². The predicted octanol–water partition coefficient (Wildman–Crippen LogP) is 10.1. The minimum Gasteiger partial charge on any atom is -0.456 e. The molecule has 39 heavy (non-hydrogen) atoms. The maximum absolute atomic E-state index is 5.99. The van der Waals surface area contributed by atoms with Crippen LogP contribution in [-0.2, 0) is 0 Å². The van der Waals surface area contributed by atoms with Crippen molar-refractivity contribution in [2.45, 2.75) is 0 Å². The molecule has 8 rings (SSSR count). The van der Waals surface area contributed by atoms with Gasteiger partial charge in [-0.15, -0.1) is 0 Å². The lowest BCUT2D eigenvalue weighted by molar-refractivity contribution is 0.669. The molecule has 0 aliphatic heterocycles. The van der Waals surface area contributed by atoms with Crippen LogP contribution in [0.4, 0.5) is 11.4 Å². The lowest BCUT2D eigenvalue weighted by Gasteiger charge is -2.11. The Balaban J connectivity index is 1.07. The number of nitrogens with zero attached hydrogens (tertiary/aromatic N) is 1. The molecule has 8 aromatic rings. The molecule has 0 unspecified atom stereocenters. The third-order valence-electron chi connectivity index (χ3n) is 7.59. The molecule has 0 saturated carbocycles. The molecule has 0 saturated heterocycles. The van der Waals surface area contributed by atoms with Crippen molar-refractivity contribution >= 4 is 55.1 Å². The molecule has 2 heterocycles. The Hall–Kier alpha value is -5.28. The van der Waals surface area contributed by atoms with Crippen molar-refractivity contribution in [2.75, 3.05) is 5.32 Å². The Morgan fingerprint density at radius 2 is 0.974 bits per heavy atom. The van der Waals surface area contributed by atoms with Gasteiger partial charge in [0.15, 0.2) is 0 Å². The van der Waals surface area contributed by atoms with E-state index in [-0.39, 0.29) is 0 Å². The van der Waals surface area contributed by atoms with Crippen molar-refractivity contribution in [1.82, 2.24) is 4.57 Å². The molecule has 3 nitrogen and oxygen atoms in total. The number of rotatable bonds is 4. The van der Waals surface area contributed by atoms with E-state index in [9.17, 15) is 0 Å². The fourth-order valence-corrected chi connectivity index (χ4v) is 5.71. The van der Waals surface area contributed by atoms with E-state index in [0.29, 0.717) is 0 Å². The number of anilines is 2. The molecule has 2 aromatic heterocycles. The summed E-state index contributed by atoms with van der Waals surface area (Å²) in [6.07, 6.45) is 0. The highest BCUT2D eigenvalue weighted by molar-refractivity contribution is 6.09. The van der Waals surface area contributed by atoms with Crippen LogP contribution in [0, 0.1) is 0 Å². The van der Waals surface area contributed by atoms with Gasteiger partial charge in [0, 0.05) is 38.6 Å². The van der Waals surface area contributed by atoms with E-state index >= 15 is 0 Å². The van der Waals surface area contributed by atoms with Crippen LogP contribution in [0.3, 0.4) is 0 Å². The number of furan rings is 1. The average molecular weight is 501 g/mol. The number of fused-ring (bicyclic) bond motifs is 6. The molecule has 0 bridgehead atoms. The monoisotopic (exact) mass is 500 g/mol. The number of benzene rings is 6. The standard InChI is InChI=1S/C36H24N2O/c1-4-10-33-29(7-1)30-8-2-5-11-34(30)38(33)28-20-18-27(19-21-28)37-26-16-13-24(14-17-26)25-15-22-36-32(23-25)31-9-3-6-12-35(31)39-36/h1-23,37H. The van der Waals surface area contributed by atoms with Crippen LogP contribution in [0.15, 0.2) is 144 Å². The quantitative estimate of drug-likeness (QED) is 0.260. The summed E-state index contributed by atoms with van der Waals surface area (Å²) >= 11 is 0. The van der Waals surface area contributed by atoms with Crippen molar-refractivity contribution < 1.29 is 4.42 Å². The van der Waals surface area contributed by atoms with E-state index in [4.69, 9.17) is 4.42 Å². The summed E-state index contributed by atoms with van der Waals surface area (Å²) in [7, 11) is 0. The maximum Gasteiger partial charge on any atom is 0.135 e. The largest absolute Gasteiger partial charge is 0.456 e. The third kappa shape index (κ3) is 3.59. The summed E-state index contributed by atoms with van der Waals surface area (Å²) in [6.45, 7) is 0. The minimum absolute atomic E-state index is 0.919. The Bertz CT molecular complexity index is 2080. The highest BCUT2D eigenvalue weighted by Crippen LogP contribution is 2.34. The van der Waals surface area contributed by atoms with Gasteiger partial charge in [-0.1, -0.05) is 72.8 Å². The van der Waals surface area contributed by atoms with Gasteiger partial charge in [0.05, 0.1) is 11.0 Å². The van der Waals surface area contributed by atoms with Gasteiger partial charge in [0.25, 0.3) is 0 Å². The molecule has 0 amide bonds. The van der Waals surface area contributed by atoms with Crippen molar-refractivity contribution in [1.29, 1.82) is 0 Å². The van der Waals surface area contributed by atoms with Crippen molar-refractivity contribution in [3.8, 4) is 16.8 Å². The number of nitrogens with one attached hydrogen (secondary N) is 1. The van der Waals surface area contributed by atoms with E-state index in [1.54, 1.807) is 0 Å². The average Bonchev–Trinajstić information content (AvgIpc) is 3.54. The normalized spacial score (nSPS) is 11.6. The fourth-order valence-electron chi connectivity index (χ4n) is 5.71. The Labute approximate surface area is 225 Å². The molecular formula is C36H24N2O. The summed E-state index contributed by atoms with van der Waals surface area (Å²) in [5.74, 6) is 0. The molecule has 3 heteroatoms. The molecule has 0 fully saturated rings. The van der Waals surface area contributed by atoms with E-state index in [2.05, 4.69) is 137 Å². The highest BCUT2D eigenvalue weighted by atomic mass is 16.3. The van der Waals surface area contributed by atoms with Gasteiger partial charge in [0.1, 0.15) is 11.2 Å². The molecule has 184 valence electrons. The minimum atomic E-state index is 0.919. The molecule has 0 radical (unpaired) electrons. The van der Waals surface area contributed by atoms with Gasteiger partial charge < -0.3 is 14.3 Å². The van der Waals surface area contributed by atoms with Crippen LogP contribution in [0.5, 0.6) is 0 Å². The molecule has 0 atom stereocenters. The molecule has 0 aliphatic rings. The first-order valence-electron chi connectivity index (χ1n) is 13.2. The zero-order valence-corrected chi connectivity index (χ0v) is 21.1.